The monoisotopic (exact) mass is 456 g/mol. The van der Waals surface area contributed by atoms with E-state index in [1.165, 1.54) is 24.6 Å². The van der Waals surface area contributed by atoms with Crippen molar-refractivity contribution in [3.63, 3.8) is 0 Å². The van der Waals surface area contributed by atoms with Gasteiger partial charge in [-0.25, -0.2) is 14.6 Å². The lowest BCUT2D eigenvalue weighted by molar-refractivity contribution is 0.127. The number of rotatable bonds is 6. The van der Waals surface area contributed by atoms with Crippen LogP contribution in [0.1, 0.15) is 43.6 Å². The molecule has 0 amide bonds. The molecule has 1 aliphatic heterocycles. The van der Waals surface area contributed by atoms with E-state index in [9.17, 15) is 5.26 Å². The minimum absolute atomic E-state index is 0.283. The van der Waals surface area contributed by atoms with Crippen molar-refractivity contribution in [3.05, 3.63) is 59.9 Å². The van der Waals surface area contributed by atoms with Crippen LogP contribution in [0, 0.1) is 16.7 Å². The van der Waals surface area contributed by atoms with E-state index >= 15 is 0 Å². The van der Waals surface area contributed by atoms with Crippen molar-refractivity contribution in [2.75, 3.05) is 20.2 Å². The number of fused-ring (bicyclic) bond motifs is 1. The molecule has 9 nitrogen and oxygen atoms in total. The molecule has 0 aliphatic carbocycles. The molecule has 4 aromatic heterocycles. The van der Waals surface area contributed by atoms with Crippen LogP contribution in [0.25, 0.3) is 16.9 Å². The third-order valence-electron chi connectivity index (χ3n) is 6.52. The predicted molar refractivity (Wildman–Crippen MR) is 127 cm³/mol. The molecule has 0 spiro atoms. The zero-order chi connectivity index (χ0) is 23.7. The highest BCUT2D eigenvalue weighted by molar-refractivity contribution is 5.65. The molecule has 0 N–H and O–H groups in total. The van der Waals surface area contributed by atoms with Crippen LogP contribution in [0.3, 0.4) is 0 Å². The molecule has 0 unspecified atom stereocenters. The quantitative estimate of drug-likeness (QED) is 0.438. The van der Waals surface area contributed by atoms with E-state index in [-0.39, 0.29) is 5.69 Å². The topological polar surface area (TPSA) is 97.2 Å². The molecule has 0 bridgehead atoms. The van der Waals surface area contributed by atoms with Crippen LogP contribution in [0.4, 0.5) is 0 Å². The summed E-state index contributed by atoms with van der Waals surface area (Å²) in [5, 5.41) is 17.9. The number of nitrogens with zero attached hydrogens (tertiary/aromatic N) is 8. The summed E-state index contributed by atoms with van der Waals surface area (Å²) in [4.78, 5) is 11.4. The van der Waals surface area contributed by atoms with Crippen LogP contribution >= 0.6 is 0 Å². The van der Waals surface area contributed by atoms with Crippen LogP contribution < -0.4 is 4.74 Å². The molecule has 5 rings (SSSR count). The van der Waals surface area contributed by atoms with Gasteiger partial charge in [-0.05, 0) is 49.0 Å². The average molecular weight is 457 g/mol. The smallest absolute Gasteiger partial charge is 0.150 e. The van der Waals surface area contributed by atoms with Gasteiger partial charge in [-0.3, -0.25) is 4.90 Å². The number of aromatic nitrogens is 6. The van der Waals surface area contributed by atoms with Crippen LogP contribution in [0.5, 0.6) is 5.75 Å². The Morgan fingerprint density at radius 1 is 1.12 bits per heavy atom. The van der Waals surface area contributed by atoms with E-state index in [2.05, 4.69) is 62.8 Å². The lowest BCUT2D eigenvalue weighted by Gasteiger charge is -2.36. The van der Waals surface area contributed by atoms with Crippen LogP contribution in [0.2, 0.25) is 0 Å². The molecule has 0 aromatic carbocycles. The zero-order valence-corrected chi connectivity index (χ0v) is 19.8. The molecule has 9 heteroatoms. The Morgan fingerprint density at radius 2 is 1.94 bits per heavy atom. The highest BCUT2D eigenvalue weighted by Crippen LogP contribution is 2.30. The number of methoxy groups -OCH3 is 1. The first-order chi connectivity index (χ1) is 16.4. The normalized spacial score (nSPS) is 15.9. The summed E-state index contributed by atoms with van der Waals surface area (Å²) in [6, 6.07) is 8.08. The maximum atomic E-state index is 9.39. The highest BCUT2D eigenvalue weighted by Gasteiger charge is 2.25. The SMILES string of the molecule is COc1cnc(C#N)c(-c2cn(Cc3cn4cc(CN5CCC(C)(C)CC5)ccc4n3)nn2)c1. The predicted octanol–water partition coefficient (Wildman–Crippen LogP) is 3.54. The van der Waals surface area contributed by atoms with Gasteiger partial charge in [0.25, 0.3) is 0 Å². The van der Waals surface area contributed by atoms with E-state index in [1.807, 2.05) is 6.20 Å². The molecular formula is C25H28N8O. The molecule has 1 aliphatic rings. The first-order valence-corrected chi connectivity index (χ1v) is 11.5. The molecule has 4 aromatic rings. The first kappa shape index (κ1) is 22.0. The fourth-order valence-corrected chi connectivity index (χ4v) is 4.34. The Labute approximate surface area is 198 Å². The summed E-state index contributed by atoms with van der Waals surface area (Å²) in [7, 11) is 1.56. The van der Waals surface area contributed by atoms with Gasteiger partial charge in [0.2, 0.25) is 0 Å². The maximum Gasteiger partial charge on any atom is 0.150 e. The molecular weight excluding hydrogens is 428 g/mol. The summed E-state index contributed by atoms with van der Waals surface area (Å²) < 4.78 is 9.03. The molecule has 0 radical (unpaired) electrons. The highest BCUT2D eigenvalue weighted by atomic mass is 16.5. The summed E-state index contributed by atoms with van der Waals surface area (Å²) >= 11 is 0. The Kier molecular flexibility index (Phi) is 5.75. The molecule has 174 valence electrons. The lowest BCUT2D eigenvalue weighted by atomic mass is 9.82. The maximum absolute atomic E-state index is 9.39. The van der Waals surface area contributed by atoms with Gasteiger partial charge in [0.15, 0.2) is 0 Å². The standard InChI is InChI=1S/C25H28N8O/c1-25(2)6-8-31(9-7-25)13-18-4-5-24-28-19(15-32(24)14-18)16-33-17-23(29-30-33)21-10-20(34-3)12-27-22(21)11-26/h4-5,10,12,14-15,17H,6-9,13,16H2,1-3H3. The number of pyridine rings is 2. The van der Waals surface area contributed by atoms with Crippen molar-refractivity contribution in [2.45, 2.75) is 39.8 Å². The number of hydrogen-bond acceptors (Lipinski definition) is 7. The molecule has 1 saturated heterocycles. The molecule has 34 heavy (non-hydrogen) atoms. The number of likely N-dealkylation sites (tertiary alicyclic amines) is 1. The number of imidazole rings is 1. The van der Waals surface area contributed by atoms with Gasteiger partial charge in [0, 0.05) is 24.5 Å². The number of hydrogen-bond donors (Lipinski definition) is 0. The summed E-state index contributed by atoms with van der Waals surface area (Å²) in [5.41, 5.74) is 4.98. The van der Waals surface area contributed by atoms with Gasteiger partial charge in [-0.1, -0.05) is 25.1 Å². The van der Waals surface area contributed by atoms with Gasteiger partial charge >= 0.3 is 0 Å². The minimum Gasteiger partial charge on any atom is -0.495 e. The Morgan fingerprint density at radius 3 is 2.71 bits per heavy atom. The van der Waals surface area contributed by atoms with E-state index < -0.39 is 0 Å². The zero-order valence-electron chi connectivity index (χ0n) is 19.8. The van der Waals surface area contributed by atoms with Crippen LogP contribution in [-0.4, -0.2) is 54.5 Å². The lowest BCUT2D eigenvalue weighted by Crippen LogP contribution is -2.36. The van der Waals surface area contributed by atoms with Gasteiger partial charge < -0.3 is 9.14 Å². The summed E-state index contributed by atoms with van der Waals surface area (Å²) in [5.74, 6) is 0.563. The average Bonchev–Trinajstić information content (AvgIpc) is 3.46. The Hall–Kier alpha value is -3.77. The fourth-order valence-electron chi connectivity index (χ4n) is 4.34. The second-order valence-corrected chi connectivity index (χ2v) is 9.66. The van der Waals surface area contributed by atoms with E-state index in [0.717, 1.165) is 31.0 Å². The number of piperidine rings is 1. The minimum atomic E-state index is 0.283. The second-order valence-electron chi connectivity index (χ2n) is 9.66. The Bertz CT molecular complexity index is 1350. The van der Waals surface area contributed by atoms with E-state index in [1.54, 1.807) is 24.1 Å². The number of nitriles is 1. The van der Waals surface area contributed by atoms with Crippen molar-refractivity contribution in [1.29, 1.82) is 5.26 Å². The molecule has 5 heterocycles. The van der Waals surface area contributed by atoms with E-state index in [0.29, 0.717) is 29.0 Å². The van der Waals surface area contributed by atoms with Crippen molar-refractivity contribution >= 4 is 5.65 Å². The van der Waals surface area contributed by atoms with Crippen molar-refractivity contribution in [1.82, 2.24) is 34.3 Å². The van der Waals surface area contributed by atoms with Crippen LogP contribution in [0.15, 0.2) is 43.0 Å². The molecule has 0 saturated carbocycles. The largest absolute Gasteiger partial charge is 0.495 e. The fraction of sp³-hybridized carbons (Fsp3) is 0.400. The van der Waals surface area contributed by atoms with Gasteiger partial charge in [-0.15, -0.1) is 5.10 Å². The third kappa shape index (κ3) is 4.63. The van der Waals surface area contributed by atoms with Crippen molar-refractivity contribution < 1.29 is 4.74 Å². The molecule has 0 atom stereocenters. The second kappa shape index (κ2) is 8.88. The van der Waals surface area contributed by atoms with Crippen LogP contribution in [-0.2, 0) is 13.1 Å². The molecule has 1 fully saturated rings. The van der Waals surface area contributed by atoms with E-state index in [4.69, 9.17) is 9.72 Å². The summed E-state index contributed by atoms with van der Waals surface area (Å²) in [6.45, 7) is 8.44. The van der Waals surface area contributed by atoms with Gasteiger partial charge in [0.1, 0.15) is 28.9 Å². The van der Waals surface area contributed by atoms with Gasteiger partial charge in [-0.2, -0.15) is 5.26 Å². The van der Waals surface area contributed by atoms with Crippen molar-refractivity contribution in [3.8, 4) is 23.1 Å². The number of ether oxygens (including phenoxy) is 1. The first-order valence-electron chi connectivity index (χ1n) is 11.5. The summed E-state index contributed by atoms with van der Waals surface area (Å²) in [6.07, 6.45) is 10.00. The third-order valence-corrected chi connectivity index (χ3v) is 6.52. The Balaban J connectivity index is 1.31. The van der Waals surface area contributed by atoms with Crippen molar-refractivity contribution in [2.24, 2.45) is 5.41 Å². The van der Waals surface area contributed by atoms with Gasteiger partial charge in [0.05, 0.1) is 31.7 Å².